The van der Waals surface area contributed by atoms with Crippen LogP contribution in [0, 0.1) is 12.8 Å². The van der Waals surface area contributed by atoms with E-state index in [-0.39, 0.29) is 17.9 Å². The molecule has 0 radical (unpaired) electrons. The van der Waals surface area contributed by atoms with Gasteiger partial charge < -0.3 is 5.32 Å². The van der Waals surface area contributed by atoms with Crippen LogP contribution in [0.5, 0.6) is 0 Å². The van der Waals surface area contributed by atoms with Crippen molar-refractivity contribution in [1.82, 2.24) is 20.2 Å². The first-order valence-corrected chi connectivity index (χ1v) is 7.03. The maximum atomic E-state index is 11.7. The summed E-state index contributed by atoms with van der Waals surface area (Å²) in [7, 11) is 0. The van der Waals surface area contributed by atoms with Crippen LogP contribution < -0.4 is 5.32 Å². The van der Waals surface area contributed by atoms with Crippen molar-refractivity contribution in [3.8, 4) is 0 Å². The van der Waals surface area contributed by atoms with E-state index in [1.54, 1.807) is 6.07 Å². The Morgan fingerprint density at radius 3 is 3.16 bits per heavy atom. The summed E-state index contributed by atoms with van der Waals surface area (Å²) in [5, 5.41) is 3.44. The number of fused-ring (bicyclic) bond motifs is 1. The Balaban J connectivity index is 1.77. The Kier molecular flexibility index (Phi) is 3.41. The number of rotatable bonds is 2. The molecule has 5 nitrogen and oxygen atoms in total. The standard InChI is InChI=1S/C13H17ClN4O/c1-8-5-11(14)17-12(16-8)7-18-4-2-3-9-10(18)6-15-13(9)19/h5,9-10H,2-4,6-7H2,1H3,(H,15,19). The second-order valence-corrected chi connectivity index (χ2v) is 5.67. The Labute approximate surface area is 117 Å². The number of hydrogen-bond acceptors (Lipinski definition) is 4. The summed E-state index contributed by atoms with van der Waals surface area (Å²) in [6, 6.07) is 2.04. The van der Waals surface area contributed by atoms with Gasteiger partial charge in [-0.3, -0.25) is 9.69 Å². The molecule has 102 valence electrons. The van der Waals surface area contributed by atoms with Crippen LogP contribution in [0.2, 0.25) is 5.15 Å². The van der Waals surface area contributed by atoms with E-state index in [4.69, 9.17) is 11.6 Å². The van der Waals surface area contributed by atoms with E-state index in [0.29, 0.717) is 11.7 Å². The zero-order valence-corrected chi connectivity index (χ0v) is 11.7. The Morgan fingerprint density at radius 2 is 2.37 bits per heavy atom. The summed E-state index contributed by atoms with van der Waals surface area (Å²) < 4.78 is 0. The molecule has 0 aromatic carbocycles. The van der Waals surface area contributed by atoms with Gasteiger partial charge in [-0.25, -0.2) is 9.97 Å². The first kappa shape index (κ1) is 12.8. The van der Waals surface area contributed by atoms with Crippen molar-refractivity contribution < 1.29 is 4.79 Å². The Hall–Kier alpha value is -1.20. The van der Waals surface area contributed by atoms with E-state index in [1.165, 1.54) is 0 Å². The third kappa shape index (κ3) is 2.58. The number of carbonyl (C=O) groups excluding carboxylic acids is 1. The number of piperidine rings is 1. The van der Waals surface area contributed by atoms with E-state index in [0.717, 1.165) is 37.4 Å². The lowest BCUT2D eigenvalue weighted by atomic mass is 9.91. The molecule has 0 aliphatic carbocycles. The molecule has 2 saturated heterocycles. The number of aromatic nitrogens is 2. The smallest absolute Gasteiger partial charge is 0.224 e. The van der Waals surface area contributed by atoms with Crippen LogP contribution in [0.1, 0.15) is 24.4 Å². The monoisotopic (exact) mass is 280 g/mol. The summed E-state index contributed by atoms with van der Waals surface area (Å²) in [6.07, 6.45) is 2.04. The molecular formula is C13H17ClN4O. The maximum Gasteiger partial charge on any atom is 0.224 e. The fourth-order valence-electron chi connectivity index (χ4n) is 3.08. The average molecular weight is 281 g/mol. The third-order valence-corrected chi connectivity index (χ3v) is 4.12. The van der Waals surface area contributed by atoms with Crippen molar-refractivity contribution in [3.05, 3.63) is 22.7 Å². The summed E-state index contributed by atoms with van der Waals surface area (Å²) in [4.78, 5) is 22.7. The summed E-state index contributed by atoms with van der Waals surface area (Å²) in [5.74, 6) is 1.07. The van der Waals surface area contributed by atoms with Gasteiger partial charge in [-0.05, 0) is 32.4 Å². The minimum absolute atomic E-state index is 0.133. The molecule has 0 bridgehead atoms. The number of nitrogens with zero attached hydrogens (tertiary/aromatic N) is 3. The minimum Gasteiger partial charge on any atom is -0.354 e. The van der Waals surface area contributed by atoms with Gasteiger partial charge in [-0.1, -0.05) is 11.6 Å². The highest BCUT2D eigenvalue weighted by Crippen LogP contribution is 2.28. The van der Waals surface area contributed by atoms with E-state index < -0.39 is 0 Å². The number of halogens is 1. The van der Waals surface area contributed by atoms with E-state index in [1.807, 2.05) is 6.92 Å². The number of hydrogen-bond donors (Lipinski definition) is 1. The Morgan fingerprint density at radius 1 is 1.53 bits per heavy atom. The van der Waals surface area contributed by atoms with Gasteiger partial charge in [0.1, 0.15) is 11.0 Å². The fraction of sp³-hybridized carbons (Fsp3) is 0.615. The summed E-state index contributed by atoms with van der Waals surface area (Å²) >= 11 is 5.97. The molecule has 1 amide bonds. The molecule has 2 atom stereocenters. The molecule has 3 heterocycles. The molecule has 0 spiro atoms. The zero-order chi connectivity index (χ0) is 13.4. The molecule has 2 fully saturated rings. The van der Waals surface area contributed by atoms with Gasteiger partial charge >= 0.3 is 0 Å². The number of nitrogens with one attached hydrogen (secondary N) is 1. The van der Waals surface area contributed by atoms with Crippen molar-refractivity contribution in [2.24, 2.45) is 5.92 Å². The van der Waals surface area contributed by atoms with Gasteiger partial charge in [0.05, 0.1) is 12.5 Å². The SMILES string of the molecule is Cc1cc(Cl)nc(CN2CCCC3C(=O)NCC32)n1. The van der Waals surface area contributed by atoms with Crippen LogP contribution in [-0.4, -0.2) is 39.9 Å². The highest BCUT2D eigenvalue weighted by atomic mass is 35.5. The van der Waals surface area contributed by atoms with E-state index >= 15 is 0 Å². The summed E-state index contributed by atoms with van der Waals surface area (Å²) in [5.41, 5.74) is 0.879. The molecule has 6 heteroatoms. The lowest BCUT2D eigenvalue weighted by molar-refractivity contribution is -0.124. The average Bonchev–Trinajstić information content (AvgIpc) is 2.71. The molecule has 19 heavy (non-hydrogen) atoms. The molecule has 2 unspecified atom stereocenters. The Bertz CT molecular complexity index is 487. The van der Waals surface area contributed by atoms with Crippen LogP contribution in [0.25, 0.3) is 0 Å². The lowest BCUT2D eigenvalue weighted by Crippen LogP contribution is -2.45. The van der Waals surface area contributed by atoms with Crippen LogP contribution in [0.3, 0.4) is 0 Å². The predicted octanol–water partition coefficient (Wildman–Crippen LogP) is 1.15. The molecule has 3 rings (SSSR count). The number of carbonyl (C=O) groups is 1. The predicted molar refractivity (Wildman–Crippen MR) is 71.7 cm³/mol. The zero-order valence-electron chi connectivity index (χ0n) is 10.9. The molecule has 2 aliphatic heterocycles. The van der Waals surface area contributed by atoms with Gasteiger partial charge in [0.15, 0.2) is 0 Å². The lowest BCUT2D eigenvalue weighted by Gasteiger charge is -2.35. The number of likely N-dealkylation sites (tertiary alicyclic amines) is 1. The first-order valence-electron chi connectivity index (χ1n) is 6.65. The topological polar surface area (TPSA) is 58.1 Å². The van der Waals surface area contributed by atoms with Gasteiger partial charge in [0.2, 0.25) is 5.91 Å². The molecule has 0 saturated carbocycles. The highest BCUT2D eigenvalue weighted by Gasteiger charge is 2.40. The second kappa shape index (κ2) is 5.06. The van der Waals surface area contributed by atoms with Crippen LogP contribution >= 0.6 is 11.6 Å². The van der Waals surface area contributed by atoms with E-state index in [9.17, 15) is 4.79 Å². The second-order valence-electron chi connectivity index (χ2n) is 5.28. The third-order valence-electron chi connectivity index (χ3n) is 3.93. The summed E-state index contributed by atoms with van der Waals surface area (Å²) in [6.45, 7) is 4.31. The van der Waals surface area contributed by atoms with Crippen LogP contribution in [0.15, 0.2) is 6.07 Å². The minimum atomic E-state index is 0.133. The molecule has 1 aromatic rings. The number of amides is 1. The normalized spacial score (nSPS) is 27.2. The van der Waals surface area contributed by atoms with Gasteiger partial charge in [-0.2, -0.15) is 0 Å². The largest absolute Gasteiger partial charge is 0.354 e. The first-order chi connectivity index (χ1) is 9.13. The van der Waals surface area contributed by atoms with Crippen molar-refractivity contribution in [2.45, 2.75) is 32.4 Å². The maximum absolute atomic E-state index is 11.7. The molecule has 1 aromatic heterocycles. The molecular weight excluding hydrogens is 264 g/mol. The van der Waals surface area contributed by atoms with Gasteiger partial charge in [-0.15, -0.1) is 0 Å². The van der Waals surface area contributed by atoms with Crippen LogP contribution in [0.4, 0.5) is 0 Å². The van der Waals surface area contributed by atoms with Crippen LogP contribution in [-0.2, 0) is 11.3 Å². The highest BCUT2D eigenvalue weighted by molar-refractivity contribution is 6.29. The van der Waals surface area contributed by atoms with Crippen molar-refractivity contribution in [2.75, 3.05) is 13.1 Å². The van der Waals surface area contributed by atoms with E-state index in [2.05, 4.69) is 20.2 Å². The van der Waals surface area contributed by atoms with Crippen molar-refractivity contribution in [3.63, 3.8) is 0 Å². The molecule has 2 aliphatic rings. The molecule has 1 N–H and O–H groups in total. The van der Waals surface area contributed by atoms with Gasteiger partial charge in [0.25, 0.3) is 0 Å². The number of aryl methyl sites for hydroxylation is 1. The van der Waals surface area contributed by atoms with Crippen molar-refractivity contribution in [1.29, 1.82) is 0 Å². The van der Waals surface area contributed by atoms with Gasteiger partial charge in [0, 0.05) is 18.3 Å². The fourth-order valence-corrected chi connectivity index (χ4v) is 3.33. The quantitative estimate of drug-likeness (QED) is 0.826. The van der Waals surface area contributed by atoms with Crippen molar-refractivity contribution >= 4 is 17.5 Å².